The first-order valence-corrected chi connectivity index (χ1v) is 6.35. The Labute approximate surface area is 117 Å². The van der Waals surface area contributed by atoms with Crippen molar-refractivity contribution in [3.8, 4) is 11.8 Å². The summed E-state index contributed by atoms with van der Waals surface area (Å²) in [6.45, 7) is 5.88. The highest BCUT2D eigenvalue weighted by Gasteiger charge is 2.13. The summed E-state index contributed by atoms with van der Waals surface area (Å²) in [6, 6.07) is 0.248. The minimum absolute atomic E-state index is 0.105. The maximum atomic E-state index is 10.8. The van der Waals surface area contributed by atoms with E-state index < -0.39 is 0 Å². The van der Waals surface area contributed by atoms with Crippen LogP contribution in [0.2, 0.25) is 0 Å². The summed E-state index contributed by atoms with van der Waals surface area (Å²) in [5.41, 5.74) is 7.47. The normalized spacial score (nSPS) is 10.4. The fourth-order valence-corrected chi connectivity index (χ4v) is 1.90. The number of carbonyl (C=O) groups is 1. The molecule has 0 saturated heterocycles. The Morgan fingerprint density at radius 2 is 2.25 bits per heavy atom. The third kappa shape index (κ3) is 2.72. The first-order chi connectivity index (χ1) is 9.50. The summed E-state index contributed by atoms with van der Waals surface area (Å²) < 4.78 is 2.01. The van der Waals surface area contributed by atoms with E-state index in [2.05, 4.69) is 41.0 Å². The highest BCUT2D eigenvalue weighted by atomic mass is 16.1. The van der Waals surface area contributed by atoms with Gasteiger partial charge in [0, 0.05) is 19.2 Å². The Hall–Kier alpha value is -2.55. The van der Waals surface area contributed by atoms with Crippen LogP contribution in [-0.4, -0.2) is 27.0 Å². The second-order valence-corrected chi connectivity index (χ2v) is 4.71. The summed E-state index contributed by atoms with van der Waals surface area (Å²) in [7, 11) is 0. The van der Waals surface area contributed by atoms with Crippen molar-refractivity contribution in [2.75, 3.05) is 12.3 Å². The van der Waals surface area contributed by atoms with Gasteiger partial charge in [-0.15, -0.1) is 0 Å². The smallest absolute Gasteiger partial charge is 0.217 e. The molecule has 1 amide bonds. The predicted octanol–water partition coefficient (Wildman–Crippen LogP) is 1.08. The molecule has 6 heteroatoms. The Morgan fingerprint density at radius 1 is 1.50 bits per heavy atom. The molecule has 0 aromatic carbocycles. The van der Waals surface area contributed by atoms with Crippen LogP contribution in [0.5, 0.6) is 0 Å². The molecule has 0 fully saturated rings. The largest absolute Gasteiger partial charge is 0.383 e. The summed E-state index contributed by atoms with van der Waals surface area (Å²) in [6.07, 6.45) is 3.37. The number of fused-ring (bicyclic) bond motifs is 1. The van der Waals surface area contributed by atoms with Crippen LogP contribution in [0.3, 0.4) is 0 Å². The van der Waals surface area contributed by atoms with E-state index in [1.165, 1.54) is 13.3 Å². The predicted molar refractivity (Wildman–Crippen MR) is 77.9 cm³/mol. The number of aromatic nitrogens is 3. The van der Waals surface area contributed by atoms with E-state index in [1.54, 1.807) is 0 Å². The zero-order valence-electron chi connectivity index (χ0n) is 11.8. The molecule has 0 atom stereocenters. The molecule has 0 aliphatic heterocycles. The number of amides is 1. The number of nitrogens with zero attached hydrogens (tertiary/aromatic N) is 3. The van der Waals surface area contributed by atoms with Gasteiger partial charge < -0.3 is 15.6 Å². The SMILES string of the molecule is CC(=O)NCC#Cc1cn(C(C)C)c2ncnc(N)c12. The highest BCUT2D eigenvalue weighted by molar-refractivity contribution is 5.92. The average Bonchev–Trinajstić information content (AvgIpc) is 2.75. The first-order valence-electron chi connectivity index (χ1n) is 6.35. The van der Waals surface area contributed by atoms with Crippen molar-refractivity contribution in [1.29, 1.82) is 0 Å². The number of hydrogen-bond donors (Lipinski definition) is 2. The third-order valence-electron chi connectivity index (χ3n) is 2.84. The number of nitrogen functional groups attached to an aromatic ring is 1. The van der Waals surface area contributed by atoms with E-state index in [0.717, 1.165) is 16.6 Å². The third-order valence-corrected chi connectivity index (χ3v) is 2.84. The molecule has 0 unspecified atom stereocenters. The molecule has 2 heterocycles. The maximum Gasteiger partial charge on any atom is 0.217 e. The lowest BCUT2D eigenvalue weighted by Crippen LogP contribution is -2.19. The monoisotopic (exact) mass is 271 g/mol. The molecule has 20 heavy (non-hydrogen) atoms. The van der Waals surface area contributed by atoms with Gasteiger partial charge in [-0.05, 0) is 13.8 Å². The van der Waals surface area contributed by atoms with Gasteiger partial charge in [0.1, 0.15) is 17.8 Å². The molecule has 0 radical (unpaired) electrons. The number of nitrogens with one attached hydrogen (secondary N) is 1. The fourth-order valence-electron chi connectivity index (χ4n) is 1.90. The molecule has 3 N–H and O–H groups in total. The lowest BCUT2D eigenvalue weighted by molar-refractivity contribution is -0.118. The maximum absolute atomic E-state index is 10.8. The van der Waals surface area contributed by atoms with Crippen molar-refractivity contribution < 1.29 is 4.79 Å². The van der Waals surface area contributed by atoms with E-state index in [1.807, 2.05) is 10.8 Å². The van der Waals surface area contributed by atoms with E-state index in [9.17, 15) is 4.79 Å². The van der Waals surface area contributed by atoms with E-state index in [0.29, 0.717) is 12.4 Å². The van der Waals surface area contributed by atoms with Crippen molar-refractivity contribution >= 4 is 22.8 Å². The number of rotatable bonds is 2. The second kappa shape index (κ2) is 5.61. The van der Waals surface area contributed by atoms with Crippen LogP contribution in [0.1, 0.15) is 32.4 Å². The lowest BCUT2D eigenvalue weighted by atomic mass is 10.2. The second-order valence-electron chi connectivity index (χ2n) is 4.71. The molecule has 0 aliphatic carbocycles. The van der Waals surface area contributed by atoms with Gasteiger partial charge in [-0.3, -0.25) is 4.79 Å². The van der Waals surface area contributed by atoms with Gasteiger partial charge >= 0.3 is 0 Å². The van der Waals surface area contributed by atoms with Gasteiger partial charge in [-0.1, -0.05) is 11.8 Å². The average molecular weight is 271 g/mol. The topological polar surface area (TPSA) is 85.8 Å². The van der Waals surface area contributed by atoms with Crippen molar-refractivity contribution in [2.45, 2.75) is 26.8 Å². The fraction of sp³-hybridized carbons (Fsp3) is 0.357. The minimum Gasteiger partial charge on any atom is -0.383 e. The molecule has 0 bridgehead atoms. The minimum atomic E-state index is -0.105. The van der Waals surface area contributed by atoms with Crippen LogP contribution in [0.4, 0.5) is 5.82 Å². The van der Waals surface area contributed by atoms with Gasteiger partial charge in [0.15, 0.2) is 0 Å². The zero-order chi connectivity index (χ0) is 14.7. The van der Waals surface area contributed by atoms with Crippen LogP contribution in [-0.2, 0) is 4.79 Å². The van der Waals surface area contributed by atoms with Crippen LogP contribution in [0.25, 0.3) is 11.0 Å². The van der Waals surface area contributed by atoms with Gasteiger partial charge in [-0.2, -0.15) is 0 Å². The Kier molecular flexibility index (Phi) is 3.89. The molecule has 2 aromatic rings. The Morgan fingerprint density at radius 3 is 2.90 bits per heavy atom. The van der Waals surface area contributed by atoms with Gasteiger partial charge in [0.05, 0.1) is 17.5 Å². The van der Waals surface area contributed by atoms with Crippen molar-refractivity contribution in [2.24, 2.45) is 0 Å². The first kappa shape index (κ1) is 13.9. The van der Waals surface area contributed by atoms with Crippen LogP contribution >= 0.6 is 0 Å². The van der Waals surface area contributed by atoms with Crippen LogP contribution in [0, 0.1) is 11.8 Å². The molecule has 2 aromatic heterocycles. The molecule has 0 spiro atoms. The number of hydrogen-bond acceptors (Lipinski definition) is 4. The van der Waals surface area contributed by atoms with E-state index in [4.69, 9.17) is 5.73 Å². The zero-order valence-corrected chi connectivity index (χ0v) is 11.8. The van der Waals surface area contributed by atoms with Gasteiger partial charge in [0.25, 0.3) is 0 Å². The van der Waals surface area contributed by atoms with E-state index >= 15 is 0 Å². The molecule has 0 saturated carbocycles. The van der Waals surface area contributed by atoms with Crippen LogP contribution < -0.4 is 11.1 Å². The summed E-state index contributed by atoms with van der Waals surface area (Å²) in [5, 5.41) is 3.39. The highest BCUT2D eigenvalue weighted by Crippen LogP contribution is 2.25. The summed E-state index contributed by atoms with van der Waals surface area (Å²) in [4.78, 5) is 19.1. The molecular weight excluding hydrogens is 254 g/mol. The van der Waals surface area contributed by atoms with Gasteiger partial charge in [0.2, 0.25) is 5.91 Å². The van der Waals surface area contributed by atoms with E-state index in [-0.39, 0.29) is 11.9 Å². The lowest BCUT2D eigenvalue weighted by Gasteiger charge is -2.07. The molecular formula is C14H17N5O. The molecule has 104 valence electrons. The number of nitrogens with two attached hydrogens (primary N) is 1. The number of anilines is 1. The Balaban J connectivity index is 2.45. The van der Waals surface area contributed by atoms with Crippen molar-refractivity contribution in [3.05, 3.63) is 18.1 Å². The van der Waals surface area contributed by atoms with Gasteiger partial charge in [-0.25, -0.2) is 9.97 Å². The van der Waals surface area contributed by atoms with Crippen molar-refractivity contribution in [3.63, 3.8) is 0 Å². The molecule has 0 aliphatic rings. The van der Waals surface area contributed by atoms with Crippen LogP contribution in [0.15, 0.2) is 12.5 Å². The molecule has 6 nitrogen and oxygen atoms in total. The standard InChI is InChI=1S/C14H17N5O/c1-9(2)19-7-11(5-4-6-16-10(3)20)12-13(15)17-8-18-14(12)19/h7-9H,6H2,1-3H3,(H,16,20)(H2,15,17,18). The van der Waals surface area contributed by atoms with Crippen molar-refractivity contribution in [1.82, 2.24) is 19.9 Å². The molecule has 2 rings (SSSR count). The summed E-state index contributed by atoms with van der Waals surface area (Å²) in [5.74, 6) is 6.22. The number of carbonyl (C=O) groups excluding carboxylic acids is 1. The Bertz CT molecular complexity index is 705. The quantitative estimate of drug-likeness (QED) is 0.800. The summed E-state index contributed by atoms with van der Waals surface area (Å²) >= 11 is 0.